The first-order valence-electron chi connectivity index (χ1n) is 6.63. The van der Waals surface area contributed by atoms with Crippen LogP contribution in [0.1, 0.15) is 38.7 Å². The predicted octanol–water partition coefficient (Wildman–Crippen LogP) is 3.40. The van der Waals surface area contributed by atoms with Crippen molar-refractivity contribution in [1.29, 1.82) is 0 Å². The van der Waals surface area contributed by atoms with E-state index in [0.717, 1.165) is 37.9 Å². The number of hydrogen-bond donors (Lipinski definition) is 0. The Morgan fingerprint density at radius 1 is 1.41 bits per heavy atom. The van der Waals surface area contributed by atoms with E-state index in [4.69, 9.17) is 0 Å². The Hall–Kier alpha value is -1.31. The third kappa shape index (κ3) is 2.51. The molecule has 0 saturated heterocycles. The van der Waals surface area contributed by atoms with Gasteiger partial charge in [0.15, 0.2) is 0 Å². The molecule has 2 rings (SSSR count). The number of aryl methyl sites for hydroxylation is 1. The van der Waals surface area contributed by atoms with Crippen LogP contribution in [-0.2, 0) is 11.2 Å². The van der Waals surface area contributed by atoms with Crippen LogP contribution in [0.15, 0.2) is 24.3 Å². The van der Waals surface area contributed by atoms with E-state index in [0.29, 0.717) is 5.91 Å². The average molecular weight is 231 g/mol. The molecule has 1 aromatic rings. The minimum Gasteiger partial charge on any atom is -0.312 e. The summed E-state index contributed by atoms with van der Waals surface area (Å²) in [4.78, 5) is 14.4. The Kier molecular flexibility index (Phi) is 3.82. The first-order chi connectivity index (χ1) is 8.24. The molecule has 0 radical (unpaired) electrons. The molecule has 92 valence electrons. The van der Waals surface area contributed by atoms with Crippen molar-refractivity contribution in [3.63, 3.8) is 0 Å². The average Bonchev–Trinajstić information content (AvgIpc) is 2.37. The quantitative estimate of drug-likeness (QED) is 0.780. The molecule has 2 nitrogen and oxygen atoms in total. The standard InChI is InChI=1S/C15H21NO/c1-3-7-12(2)15(17)16-11-6-9-13-8-4-5-10-14(13)16/h4-5,8,10,12H,3,6-7,9,11H2,1-2H3/t12-/m0/s1. The molecule has 0 fully saturated rings. The van der Waals surface area contributed by atoms with Crippen molar-refractivity contribution in [3.8, 4) is 0 Å². The number of benzene rings is 1. The minimum atomic E-state index is 0.145. The molecule has 0 spiro atoms. The molecular formula is C15H21NO. The number of carbonyl (C=O) groups excluding carboxylic acids is 1. The zero-order valence-corrected chi connectivity index (χ0v) is 10.8. The Morgan fingerprint density at radius 3 is 2.94 bits per heavy atom. The number of carbonyl (C=O) groups is 1. The molecule has 1 heterocycles. The van der Waals surface area contributed by atoms with Crippen molar-refractivity contribution < 1.29 is 4.79 Å². The van der Waals surface area contributed by atoms with Crippen molar-refractivity contribution in [2.24, 2.45) is 5.92 Å². The van der Waals surface area contributed by atoms with Crippen LogP contribution >= 0.6 is 0 Å². The Bertz CT molecular complexity index is 400. The SMILES string of the molecule is CCC[C@H](C)C(=O)N1CCCc2ccccc21. The van der Waals surface area contributed by atoms with Gasteiger partial charge in [-0.05, 0) is 30.9 Å². The molecule has 1 aliphatic rings. The zero-order valence-electron chi connectivity index (χ0n) is 10.8. The van der Waals surface area contributed by atoms with Gasteiger partial charge in [0.1, 0.15) is 0 Å². The molecule has 1 amide bonds. The lowest BCUT2D eigenvalue weighted by Crippen LogP contribution is -2.38. The highest BCUT2D eigenvalue weighted by Crippen LogP contribution is 2.28. The first-order valence-corrected chi connectivity index (χ1v) is 6.63. The van der Waals surface area contributed by atoms with Gasteiger partial charge in [-0.25, -0.2) is 0 Å². The highest BCUT2D eigenvalue weighted by atomic mass is 16.2. The second-order valence-electron chi connectivity index (χ2n) is 4.91. The van der Waals surface area contributed by atoms with Gasteiger partial charge in [0, 0.05) is 18.2 Å². The summed E-state index contributed by atoms with van der Waals surface area (Å²) >= 11 is 0. The number of rotatable bonds is 3. The number of fused-ring (bicyclic) bond motifs is 1. The van der Waals surface area contributed by atoms with Gasteiger partial charge in [0.2, 0.25) is 5.91 Å². The largest absolute Gasteiger partial charge is 0.312 e. The highest BCUT2D eigenvalue weighted by Gasteiger charge is 2.25. The predicted molar refractivity (Wildman–Crippen MR) is 71.2 cm³/mol. The molecule has 0 aromatic heterocycles. The van der Waals surface area contributed by atoms with Gasteiger partial charge in [0.25, 0.3) is 0 Å². The third-order valence-electron chi connectivity index (χ3n) is 3.52. The fourth-order valence-electron chi connectivity index (χ4n) is 2.59. The normalized spacial score (nSPS) is 16.5. The van der Waals surface area contributed by atoms with Crippen LogP contribution in [-0.4, -0.2) is 12.5 Å². The van der Waals surface area contributed by atoms with Crippen LogP contribution in [0.3, 0.4) is 0 Å². The maximum atomic E-state index is 12.4. The van der Waals surface area contributed by atoms with E-state index >= 15 is 0 Å². The Labute approximate surface area is 104 Å². The number of para-hydroxylation sites is 1. The number of nitrogens with zero attached hydrogens (tertiary/aromatic N) is 1. The highest BCUT2D eigenvalue weighted by molar-refractivity contribution is 5.95. The number of amides is 1. The number of hydrogen-bond acceptors (Lipinski definition) is 1. The third-order valence-corrected chi connectivity index (χ3v) is 3.52. The Balaban J connectivity index is 2.20. The molecule has 1 aliphatic heterocycles. The van der Waals surface area contributed by atoms with E-state index in [1.165, 1.54) is 5.56 Å². The van der Waals surface area contributed by atoms with E-state index in [2.05, 4.69) is 25.1 Å². The van der Waals surface area contributed by atoms with E-state index in [-0.39, 0.29) is 5.92 Å². The van der Waals surface area contributed by atoms with Gasteiger partial charge >= 0.3 is 0 Å². The summed E-state index contributed by atoms with van der Waals surface area (Å²) in [7, 11) is 0. The van der Waals surface area contributed by atoms with Crippen molar-refractivity contribution >= 4 is 11.6 Å². The van der Waals surface area contributed by atoms with Gasteiger partial charge in [-0.15, -0.1) is 0 Å². The van der Waals surface area contributed by atoms with Crippen molar-refractivity contribution in [2.45, 2.75) is 39.5 Å². The lowest BCUT2D eigenvalue weighted by molar-refractivity contribution is -0.122. The topological polar surface area (TPSA) is 20.3 Å². The van der Waals surface area contributed by atoms with Gasteiger partial charge in [-0.2, -0.15) is 0 Å². The second kappa shape index (κ2) is 5.35. The van der Waals surface area contributed by atoms with Crippen molar-refractivity contribution in [2.75, 3.05) is 11.4 Å². The van der Waals surface area contributed by atoms with Crippen LogP contribution in [0, 0.1) is 5.92 Å². The van der Waals surface area contributed by atoms with Gasteiger partial charge < -0.3 is 4.90 Å². The molecule has 1 aromatic carbocycles. The minimum absolute atomic E-state index is 0.145. The van der Waals surface area contributed by atoms with Gasteiger partial charge in [-0.1, -0.05) is 38.5 Å². The molecule has 0 N–H and O–H groups in total. The molecule has 1 atom stereocenters. The molecule has 0 aliphatic carbocycles. The monoisotopic (exact) mass is 231 g/mol. The van der Waals surface area contributed by atoms with Gasteiger partial charge in [-0.3, -0.25) is 4.79 Å². The van der Waals surface area contributed by atoms with E-state index in [1.807, 2.05) is 17.9 Å². The van der Waals surface area contributed by atoms with Crippen molar-refractivity contribution in [1.82, 2.24) is 0 Å². The van der Waals surface area contributed by atoms with Gasteiger partial charge in [0.05, 0.1) is 0 Å². The molecule has 2 heteroatoms. The second-order valence-corrected chi connectivity index (χ2v) is 4.91. The summed E-state index contributed by atoms with van der Waals surface area (Å²) < 4.78 is 0. The molecule has 0 unspecified atom stereocenters. The summed E-state index contributed by atoms with van der Waals surface area (Å²) in [5.41, 5.74) is 2.45. The lowest BCUT2D eigenvalue weighted by atomic mass is 9.98. The smallest absolute Gasteiger partial charge is 0.229 e. The fraction of sp³-hybridized carbons (Fsp3) is 0.533. The summed E-state index contributed by atoms with van der Waals surface area (Å²) in [6, 6.07) is 8.29. The maximum absolute atomic E-state index is 12.4. The first kappa shape index (κ1) is 12.2. The van der Waals surface area contributed by atoms with Crippen molar-refractivity contribution in [3.05, 3.63) is 29.8 Å². The number of anilines is 1. The van der Waals surface area contributed by atoms with Crippen LogP contribution in [0.4, 0.5) is 5.69 Å². The summed E-state index contributed by atoms with van der Waals surface area (Å²) in [5.74, 6) is 0.435. The van der Waals surface area contributed by atoms with E-state index < -0.39 is 0 Å². The molecule has 17 heavy (non-hydrogen) atoms. The van der Waals surface area contributed by atoms with Crippen LogP contribution < -0.4 is 4.90 Å². The van der Waals surface area contributed by atoms with E-state index in [1.54, 1.807) is 0 Å². The summed E-state index contributed by atoms with van der Waals surface area (Å²) in [6.07, 6.45) is 4.24. The summed E-state index contributed by atoms with van der Waals surface area (Å²) in [5, 5.41) is 0. The maximum Gasteiger partial charge on any atom is 0.229 e. The molecule has 0 saturated carbocycles. The van der Waals surface area contributed by atoms with Crippen LogP contribution in [0.5, 0.6) is 0 Å². The summed E-state index contributed by atoms with van der Waals surface area (Å²) in [6.45, 7) is 5.06. The Morgan fingerprint density at radius 2 is 2.18 bits per heavy atom. The van der Waals surface area contributed by atoms with Crippen LogP contribution in [0.25, 0.3) is 0 Å². The zero-order chi connectivity index (χ0) is 12.3. The molecule has 0 bridgehead atoms. The lowest BCUT2D eigenvalue weighted by Gasteiger charge is -2.31. The molecular weight excluding hydrogens is 210 g/mol. The van der Waals surface area contributed by atoms with E-state index in [9.17, 15) is 4.79 Å². The fourth-order valence-corrected chi connectivity index (χ4v) is 2.59. The van der Waals surface area contributed by atoms with Crippen LogP contribution in [0.2, 0.25) is 0 Å².